The number of carbonyl (C=O) groups is 4. The summed E-state index contributed by atoms with van der Waals surface area (Å²) in [6.07, 6.45) is 4.04. The predicted molar refractivity (Wildman–Crippen MR) is 235 cm³/mol. The highest BCUT2D eigenvalue weighted by atomic mass is 35.5. The van der Waals surface area contributed by atoms with Crippen LogP contribution in [-0.2, 0) is 35.5 Å². The van der Waals surface area contributed by atoms with Crippen molar-refractivity contribution in [1.82, 2.24) is 0 Å². The molecule has 4 aromatic carbocycles. The number of carbonyl (C=O) groups excluding carboxylic acids is 4. The Balaban J connectivity index is 0.000000370. The van der Waals surface area contributed by atoms with Gasteiger partial charge in [0.2, 0.25) is 0 Å². The predicted octanol–water partition coefficient (Wildman–Crippen LogP) is 14.2. The zero-order valence-corrected chi connectivity index (χ0v) is 37.6. The average molecular weight is 829 g/mol. The molecular formula is C47H58Cl4O4. The molecule has 0 unspecified atom stereocenters. The van der Waals surface area contributed by atoms with Gasteiger partial charge in [0.05, 0.1) is 0 Å². The molecule has 4 aromatic rings. The van der Waals surface area contributed by atoms with Gasteiger partial charge in [-0.1, -0.05) is 126 Å². The van der Waals surface area contributed by atoms with Crippen molar-refractivity contribution < 1.29 is 19.2 Å². The van der Waals surface area contributed by atoms with Crippen LogP contribution < -0.4 is 0 Å². The van der Waals surface area contributed by atoms with Crippen LogP contribution in [0.4, 0.5) is 0 Å². The number of halogens is 4. The molecule has 0 aromatic heterocycles. The zero-order valence-electron chi connectivity index (χ0n) is 34.6. The molecular weight excluding hydrogens is 770 g/mol. The summed E-state index contributed by atoms with van der Waals surface area (Å²) in [7, 11) is 0. The second-order valence-corrected chi connectivity index (χ2v) is 17.8. The minimum Gasteiger partial charge on any atom is -0.276 e. The lowest BCUT2D eigenvalue weighted by atomic mass is 9.80. The van der Waals surface area contributed by atoms with Gasteiger partial charge >= 0.3 is 0 Å². The van der Waals surface area contributed by atoms with Crippen molar-refractivity contribution in [3.8, 4) is 0 Å². The van der Waals surface area contributed by atoms with Crippen LogP contribution in [0.2, 0.25) is 0 Å². The molecule has 0 N–H and O–H groups in total. The number of aryl methyl sites for hydroxylation is 3. The molecule has 0 fully saturated rings. The van der Waals surface area contributed by atoms with Gasteiger partial charge in [0.15, 0.2) is 0 Å². The number of rotatable bonds is 8. The topological polar surface area (TPSA) is 68.3 Å². The fraction of sp³-hybridized carbons (Fsp3) is 0.404. The summed E-state index contributed by atoms with van der Waals surface area (Å²) in [6.45, 7) is 25.5. The average Bonchev–Trinajstić information content (AvgIpc) is 3.11. The zero-order chi connectivity index (χ0) is 42.3. The number of hydrogen-bond acceptors (Lipinski definition) is 4. The van der Waals surface area contributed by atoms with Gasteiger partial charge in [0, 0.05) is 22.3 Å². The fourth-order valence-electron chi connectivity index (χ4n) is 5.08. The third kappa shape index (κ3) is 18.0. The first kappa shape index (κ1) is 49.7. The van der Waals surface area contributed by atoms with E-state index in [0.717, 1.165) is 36.8 Å². The van der Waals surface area contributed by atoms with Crippen LogP contribution in [-0.4, -0.2) is 21.0 Å². The summed E-state index contributed by atoms with van der Waals surface area (Å²) in [6, 6.07) is 26.6. The summed E-state index contributed by atoms with van der Waals surface area (Å²) >= 11 is 21.7. The number of hydrogen-bond donors (Lipinski definition) is 0. The van der Waals surface area contributed by atoms with E-state index >= 15 is 0 Å². The Morgan fingerprint density at radius 3 is 1.02 bits per heavy atom. The molecule has 0 aliphatic heterocycles. The van der Waals surface area contributed by atoms with Crippen LogP contribution in [0, 0.1) is 0 Å². The van der Waals surface area contributed by atoms with E-state index in [0.29, 0.717) is 22.3 Å². The molecule has 0 saturated carbocycles. The van der Waals surface area contributed by atoms with Crippen LogP contribution in [0.1, 0.15) is 164 Å². The van der Waals surface area contributed by atoms with Crippen molar-refractivity contribution in [3.63, 3.8) is 0 Å². The summed E-state index contributed by atoms with van der Waals surface area (Å²) in [5, 5.41) is -1.55. The molecule has 8 heteroatoms. The largest absolute Gasteiger partial charge is 0.276 e. The molecule has 0 aliphatic rings. The first-order valence-corrected chi connectivity index (χ1v) is 20.1. The van der Waals surface area contributed by atoms with Crippen LogP contribution in [0.5, 0.6) is 0 Å². The highest BCUT2D eigenvalue weighted by Gasteiger charge is 2.21. The second kappa shape index (κ2) is 22.5. The van der Waals surface area contributed by atoms with Gasteiger partial charge in [0.25, 0.3) is 21.0 Å². The summed E-state index contributed by atoms with van der Waals surface area (Å²) in [5.41, 5.74) is 9.55. The van der Waals surface area contributed by atoms with Gasteiger partial charge in [-0.05, 0) is 164 Å². The van der Waals surface area contributed by atoms with Gasteiger partial charge < -0.3 is 0 Å². The molecule has 0 spiro atoms. The molecule has 0 bridgehead atoms. The summed E-state index contributed by atoms with van der Waals surface area (Å²) < 4.78 is 0. The highest BCUT2D eigenvalue weighted by molar-refractivity contribution is 6.68. The Morgan fingerprint density at radius 1 is 0.400 bits per heavy atom. The van der Waals surface area contributed by atoms with Crippen molar-refractivity contribution in [2.45, 2.75) is 125 Å². The first-order chi connectivity index (χ1) is 25.3. The Morgan fingerprint density at radius 2 is 0.727 bits per heavy atom. The molecule has 0 aliphatic carbocycles. The normalized spacial score (nSPS) is 11.1. The SMILES string of the molecule is CC(C)(C)c1cc(C(=O)Cl)cc(C(C)(C)C)c1.CC(C)(C)c1ccc(C(=O)Cl)cc1.CCCc1ccc(C(=O)Cl)cc1.CCc1cc(CC)cc(C(=O)Cl)c1. The van der Waals surface area contributed by atoms with E-state index < -0.39 is 10.5 Å². The third-order valence-corrected chi connectivity index (χ3v) is 9.56. The first-order valence-electron chi connectivity index (χ1n) is 18.6. The minimum atomic E-state index is -0.402. The maximum Gasteiger partial charge on any atom is 0.252 e. The highest BCUT2D eigenvalue weighted by Crippen LogP contribution is 2.31. The molecule has 0 amide bonds. The Bertz CT molecular complexity index is 1820. The second-order valence-electron chi connectivity index (χ2n) is 16.4. The number of benzene rings is 4. The van der Waals surface area contributed by atoms with E-state index in [1.807, 2.05) is 48.5 Å². The van der Waals surface area contributed by atoms with Gasteiger partial charge in [-0.3, -0.25) is 19.2 Å². The fourth-order valence-corrected chi connectivity index (χ4v) is 5.55. The van der Waals surface area contributed by atoms with Gasteiger partial charge in [-0.25, -0.2) is 0 Å². The monoisotopic (exact) mass is 826 g/mol. The van der Waals surface area contributed by atoms with E-state index in [4.69, 9.17) is 46.4 Å². The third-order valence-electron chi connectivity index (χ3n) is 8.69. The van der Waals surface area contributed by atoms with E-state index in [1.165, 1.54) is 22.3 Å². The Kier molecular flexibility index (Phi) is 20.3. The maximum atomic E-state index is 11.4. The van der Waals surface area contributed by atoms with E-state index in [2.05, 4.69) is 95.2 Å². The van der Waals surface area contributed by atoms with E-state index in [1.54, 1.807) is 24.3 Å². The molecule has 298 valence electrons. The van der Waals surface area contributed by atoms with Gasteiger partial charge in [-0.15, -0.1) is 0 Å². The van der Waals surface area contributed by atoms with Crippen molar-refractivity contribution in [2.24, 2.45) is 0 Å². The molecule has 0 atom stereocenters. The quantitative estimate of drug-likeness (QED) is 0.166. The van der Waals surface area contributed by atoms with Crippen LogP contribution in [0.3, 0.4) is 0 Å². The van der Waals surface area contributed by atoms with Gasteiger partial charge in [0.1, 0.15) is 0 Å². The van der Waals surface area contributed by atoms with E-state index in [-0.39, 0.29) is 26.7 Å². The lowest BCUT2D eigenvalue weighted by molar-refractivity contribution is 0.107. The summed E-state index contributed by atoms with van der Waals surface area (Å²) in [5.74, 6) is 0. The van der Waals surface area contributed by atoms with Crippen LogP contribution in [0.25, 0.3) is 0 Å². The minimum absolute atomic E-state index is 0.0162. The molecule has 0 saturated heterocycles. The lowest BCUT2D eigenvalue weighted by Crippen LogP contribution is -2.17. The Hall–Kier alpha value is -3.28. The lowest BCUT2D eigenvalue weighted by Gasteiger charge is -2.25. The van der Waals surface area contributed by atoms with Crippen molar-refractivity contribution >= 4 is 67.4 Å². The standard InChI is InChI=1S/C15H21ClO.2C11H13ClO.C10H11ClO/c1-14(2,3)11-7-10(13(16)17)8-12(9-11)15(4,5)6;1-11(2,3)9-6-4-8(5-7-9)10(12)13;1-3-8-5-9(4-2)7-10(6-8)11(12)13;1-2-3-8-4-6-9(7-5-8)10(11)12/h7-9H,1-6H3;4-7H,1-3H3;5-7H,3-4H2,1-2H3;4-7H,2-3H2,1H3. The maximum absolute atomic E-state index is 11.4. The smallest absolute Gasteiger partial charge is 0.252 e. The molecule has 4 nitrogen and oxygen atoms in total. The van der Waals surface area contributed by atoms with Gasteiger partial charge in [-0.2, -0.15) is 0 Å². The van der Waals surface area contributed by atoms with Crippen molar-refractivity contribution in [2.75, 3.05) is 0 Å². The van der Waals surface area contributed by atoms with E-state index in [9.17, 15) is 19.2 Å². The van der Waals surface area contributed by atoms with Crippen LogP contribution >= 0.6 is 46.4 Å². The van der Waals surface area contributed by atoms with Crippen molar-refractivity contribution in [3.05, 3.63) is 141 Å². The molecule has 4 rings (SSSR count). The summed E-state index contributed by atoms with van der Waals surface area (Å²) in [4.78, 5) is 43.8. The molecule has 55 heavy (non-hydrogen) atoms. The van der Waals surface area contributed by atoms with Crippen LogP contribution in [0.15, 0.2) is 84.9 Å². The Labute approximate surface area is 350 Å². The van der Waals surface area contributed by atoms with Crippen molar-refractivity contribution in [1.29, 1.82) is 0 Å². The molecule has 0 heterocycles. The molecule has 0 radical (unpaired) electrons.